The molecule has 1 aliphatic rings. The molecule has 0 fully saturated rings. The number of halogens is 4. The van der Waals surface area contributed by atoms with Crippen molar-refractivity contribution in [3.63, 3.8) is 0 Å². The summed E-state index contributed by atoms with van der Waals surface area (Å²) in [6.45, 7) is 1.54. The van der Waals surface area contributed by atoms with E-state index in [1.807, 2.05) is 29.3 Å². The summed E-state index contributed by atoms with van der Waals surface area (Å²) in [6, 6.07) is 15.6. The van der Waals surface area contributed by atoms with Crippen LogP contribution in [0.15, 0.2) is 66.9 Å². The molecule has 6 heteroatoms. The van der Waals surface area contributed by atoms with Crippen LogP contribution in [0.1, 0.15) is 34.8 Å². The molecule has 1 aliphatic heterocycles. The van der Waals surface area contributed by atoms with Crippen LogP contribution in [0.25, 0.3) is 0 Å². The predicted octanol–water partition coefficient (Wildman–Crippen LogP) is 5.64. The third-order valence-corrected chi connectivity index (χ3v) is 5.21. The number of rotatable bonds is 3. The van der Waals surface area contributed by atoms with Gasteiger partial charge in [0.2, 0.25) is 0 Å². The topological polar surface area (TPSA) is 8.17 Å². The minimum Gasteiger partial charge on any atom is -0.350 e. The highest BCUT2D eigenvalue weighted by Gasteiger charge is 2.35. The molecule has 4 rings (SSSR count). The summed E-state index contributed by atoms with van der Waals surface area (Å²) in [7, 11) is 0. The monoisotopic (exact) mass is 388 g/mol. The van der Waals surface area contributed by atoms with E-state index >= 15 is 0 Å². The maximum Gasteiger partial charge on any atom is 0.416 e. The fraction of sp³-hybridized carbons (Fsp3) is 0.273. The average Bonchev–Trinajstić information content (AvgIpc) is 3.03. The number of hydrogen-bond acceptors (Lipinski definition) is 1. The van der Waals surface area contributed by atoms with Gasteiger partial charge < -0.3 is 4.57 Å². The quantitative estimate of drug-likeness (QED) is 0.527. The second kappa shape index (κ2) is 7.43. The van der Waals surface area contributed by atoms with Gasteiger partial charge in [-0.05, 0) is 47.9 Å². The molecule has 0 bridgehead atoms. The maximum absolute atomic E-state index is 13.9. The van der Waals surface area contributed by atoms with Gasteiger partial charge in [-0.3, -0.25) is 4.90 Å². The van der Waals surface area contributed by atoms with Gasteiger partial charge in [-0.15, -0.1) is 0 Å². The first-order chi connectivity index (χ1) is 13.4. The van der Waals surface area contributed by atoms with Crippen LogP contribution in [0.3, 0.4) is 0 Å². The average molecular weight is 388 g/mol. The van der Waals surface area contributed by atoms with Crippen molar-refractivity contribution in [2.24, 2.45) is 0 Å². The molecule has 0 spiro atoms. The van der Waals surface area contributed by atoms with Gasteiger partial charge in [0.25, 0.3) is 0 Å². The zero-order valence-corrected chi connectivity index (χ0v) is 15.2. The number of hydrogen-bond donors (Lipinski definition) is 0. The van der Waals surface area contributed by atoms with Crippen molar-refractivity contribution in [3.05, 3.63) is 95.1 Å². The summed E-state index contributed by atoms with van der Waals surface area (Å²) in [4.78, 5) is 2.01. The molecular weight excluding hydrogens is 368 g/mol. The van der Waals surface area contributed by atoms with Crippen molar-refractivity contribution in [2.45, 2.75) is 31.7 Å². The number of benzene rings is 2. The molecule has 2 aromatic carbocycles. The lowest BCUT2D eigenvalue weighted by molar-refractivity contribution is -0.138. The molecule has 0 N–H and O–H groups in total. The lowest BCUT2D eigenvalue weighted by atomic mass is 9.99. The van der Waals surface area contributed by atoms with Crippen LogP contribution < -0.4 is 0 Å². The Morgan fingerprint density at radius 2 is 1.75 bits per heavy atom. The SMILES string of the molecule is Fc1cccc(C2c3cccn3CCCN2Cc2ccccc2C(F)(F)F)c1. The highest BCUT2D eigenvalue weighted by Crippen LogP contribution is 2.36. The largest absolute Gasteiger partial charge is 0.416 e. The smallest absolute Gasteiger partial charge is 0.350 e. The van der Waals surface area contributed by atoms with Crippen LogP contribution >= 0.6 is 0 Å². The highest BCUT2D eigenvalue weighted by atomic mass is 19.4. The normalized spacial score (nSPS) is 17.9. The first kappa shape index (κ1) is 18.7. The summed E-state index contributed by atoms with van der Waals surface area (Å²) < 4.78 is 56.4. The zero-order chi connectivity index (χ0) is 19.7. The van der Waals surface area contributed by atoms with E-state index in [1.54, 1.807) is 12.1 Å². The van der Waals surface area contributed by atoms with Crippen molar-refractivity contribution in [1.82, 2.24) is 9.47 Å². The van der Waals surface area contributed by atoms with Crippen molar-refractivity contribution in [2.75, 3.05) is 6.54 Å². The molecule has 3 aromatic rings. The second-order valence-electron chi connectivity index (χ2n) is 7.06. The second-order valence-corrected chi connectivity index (χ2v) is 7.06. The van der Waals surface area contributed by atoms with E-state index < -0.39 is 11.7 Å². The third-order valence-electron chi connectivity index (χ3n) is 5.21. The fourth-order valence-corrected chi connectivity index (χ4v) is 4.02. The van der Waals surface area contributed by atoms with Crippen LogP contribution in [0.4, 0.5) is 17.6 Å². The van der Waals surface area contributed by atoms with E-state index in [-0.39, 0.29) is 24.0 Å². The lowest BCUT2D eigenvalue weighted by Crippen LogP contribution is -2.30. The Morgan fingerprint density at radius 1 is 0.929 bits per heavy atom. The Labute approximate surface area is 161 Å². The molecule has 1 atom stereocenters. The summed E-state index contributed by atoms with van der Waals surface area (Å²) in [5.74, 6) is -0.351. The van der Waals surface area contributed by atoms with E-state index in [9.17, 15) is 17.6 Å². The predicted molar refractivity (Wildman–Crippen MR) is 99.1 cm³/mol. The van der Waals surface area contributed by atoms with Gasteiger partial charge in [0.15, 0.2) is 0 Å². The van der Waals surface area contributed by atoms with E-state index in [4.69, 9.17) is 0 Å². The molecule has 1 unspecified atom stereocenters. The van der Waals surface area contributed by atoms with Crippen molar-refractivity contribution in [1.29, 1.82) is 0 Å². The third kappa shape index (κ3) is 3.69. The van der Waals surface area contributed by atoms with E-state index in [0.29, 0.717) is 6.54 Å². The Morgan fingerprint density at radius 3 is 2.54 bits per heavy atom. The van der Waals surface area contributed by atoms with Crippen molar-refractivity contribution >= 4 is 0 Å². The first-order valence-electron chi connectivity index (χ1n) is 9.23. The standard InChI is InChI=1S/C22H20F4N2/c23-18-8-3-7-16(14-18)21-20-10-4-11-27(20)12-5-13-28(21)15-17-6-1-2-9-19(17)22(24,25)26/h1-4,6-11,14,21H,5,12-13,15H2. The summed E-state index contributed by atoms with van der Waals surface area (Å²) in [5.41, 5.74) is 1.32. The first-order valence-corrected chi connectivity index (χ1v) is 9.23. The van der Waals surface area contributed by atoms with Gasteiger partial charge >= 0.3 is 6.18 Å². The van der Waals surface area contributed by atoms with E-state index in [0.717, 1.165) is 30.3 Å². The molecule has 0 radical (unpaired) electrons. The van der Waals surface area contributed by atoms with Crippen molar-refractivity contribution in [3.8, 4) is 0 Å². The molecule has 0 saturated carbocycles. The van der Waals surface area contributed by atoms with E-state index in [2.05, 4.69) is 4.57 Å². The Bertz CT molecular complexity index is 961. The Balaban J connectivity index is 1.77. The Hall–Kier alpha value is -2.60. The molecule has 1 aromatic heterocycles. The van der Waals surface area contributed by atoms with Gasteiger partial charge in [-0.25, -0.2) is 4.39 Å². The van der Waals surface area contributed by atoms with Crippen LogP contribution in [-0.2, 0) is 19.3 Å². The molecular formula is C22H20F4N2. The van der Waals surface area contributed by atoms with E-state index in [1.165, 1.54) is 24.3 Å². The van der Waals surface area contributed by atoms with Gasteiger partial charge in [-0.2, -0.15) is 13.2 Å². The molecule has 28 heavy (non-hydrogen) atoms. The molecule has 0 aliphatic carbocycles. The number of alkyl halides is 3. The minimum absolute atomic E-state index is 0.141. The Kier molecular flexibility index (Phi) is 4.98. The maximum atomic E-state index is 13.9. The summed E-state index contributed by atoms with van der Waals surface area (Å²) in [5, 5.41) is 0. The van der Waals surface area contributed by atoms with Gasteiger partial charge in [-0.1, -0.05) is 30.3 Å². The molecule has 0 saturated heterocycles. The fourth-order valence-electron chi connectivity index (χ4n) is 4.02. The van der Waals surface area contributed by atoms with Crippen LogP contribution in [0.2, 0.25) is 0 Å². The van der Waals surface area contributed by atoms with Gasteiger partial charge in [0.1, 0.15) is 5.82 Å². The number of fused-ring (bicyclic) bond motifs is 1. The highest BCUT2D eigenvalue weighted by molar-refractivity contribution is 5.33. The minimum atomic E-state index is -4.41. The summed E-state index contributed by atoms with van der Waals surface area (Å²) in [6.07, 6.45) is -1.63. The van der Waals surface area contributed by atoms with Crippen LogP contribution in [0.5, 0.6) is 0 Å². The van der Waals surface area contributed by atoms with Gasteiger partial charge in [0.05, 0.1) is 11.6 Å². The van der Waals surface area contributed by atoms with Crippen LogP contribution in [0, 0.1) is 5.82 Å². The number of aryl methyl sites for hydroxylation is 1. The molecule has 146 valence electrons. The lowest BCUT2D eigenvalue weighted by Gasteiger charge is -2.31. The molecule has 2 heterocycles. The van der Waals surface area contributed by atoms with Crippen molar-refractivity contribution < 1.29 is 17.6 Å². The molecule has 2 nitrogen and oxygen atoms in total. The van der Waals surface area contributed by atoms with Crippen LogP contribution in [-0.4, -0.2) is 16.0 Å². The molecule has 0 amide bonds. The summed E-state index contributed by atoms with van der Waals surface area (Å²) >= 11 is 0. The van der Waals surface area contributed by atoms with Gasteiger partial charge in [0, 0.05) is 31.5 Å². The number of aromatic nitrogens is 1. The zero-order valence-electron chi connectivity index (χ0n) is 15.2. The number of nitrogens with zero attached hydrogens (tertiary/aromatic N) is 2.